The average molecular weight is 231 g/mol. The van der Waals surface area contributed by atoms with Crippen LogP contribution in [0.15, 0.2) is 15.8 Å². The Bertz CT molecular complexity index is 436. The lowest BCUT2D eigenvalue weighted by Gasteiger charge is -2.11. The molecule has 1 aromatic heterocycles. The van der Waals surface area contributed by atoms with Crippen molar-refractivity contribution in [1.82, 2.24) is 9.55 Å². The summed E-state index contributed by atoms with van der Waals surface area (Å²) in [6.07, 6.45) is 3.52. The number of nitrogens with one attached hydrogen (secondary N) is 1. The summed E-state index contributed by atoms with van der Waals surface area (Å²) in [7, 11) is 0. The van der Waals surface area contributed by atoms with Crippen LogP contribution in [0.4, 0.5) is 0 Å². The summed E-state index contributed by atoms with van der Waals surface area (Å²) in [5, 5.41) is 0.0540. The van der Waals surface area contributed by atoms with Crippen molar-refractivity contribution in [1.29, 1.82) is 0 Å². The Hall–Kier alpha value is -1.03. The minimum Gasteiger partial charge on any atom is -0.299 e. The van der Waals surface area contributed by atoms with Crippen LogP contribution in [0.1, 0.15) is 26.7 Å². The van der Waals surface area contributed by atoms with Crippen LogP contribution < -0.4 is 11.2 Å². The number of hydrogen-bond donors (Lipinski definition) is 1. The van der Waals surface area contributed by atoms with Crippen LogP contribution in [0.2, 0.25) is 5.02 Å². The van der Waals surface area contributed by atoms with Gasteiger partial charge in [0.2, 0.25) is 0 Å². The first-order valence-corrected chi connectivity index (χ1v) is 5.41. The van der Waals surface area contributed by atoms with Crippen molar-refractivity contribution in [3.8, 4) is 0 Å². The van der Waals surface area contributed by atoms with Gasteiger partial charge in [-0.1, -0.05) is 31.9 Å². The molecule has 0 radical (unpaired) electrons. The molecule has 0 bridgehead atoms. The molecule has 84 valence electrons. The molecule has 0 aliphatic carbocycles. The number of halogens is 1. The van der Waals surface area contributed by atoms with Crippen molar-refractivity contribution in [3.63, 3.8) is 0 Å². The first-order valence-electron chi connectivity index (χ1n) is 5.03. The Morgan fingerprint density at radius 2 is 2.20 bits per heavy atom. The Balaban J connectivity index is 2.91. The molecule has 5 heteroatoms. The largest absolute Gasteiger partial charge is 0.328 e. The lowest BCUT2D eigenvalue weighted by Crippen LogP contribution is -2.31. The molecule has 0 saturated heterocycles. The molecular formula is C10H15ClN2O2. The zero-order chi connectivity index (χ0) is 11.4. The summed E-state index contributed by atoms with van der Waals surface area (Å²) in [5.41, 5.74) is -0.923. The molecule has 0 aliphatic heterocycles. The molecule has 1 aromatic rings. The van der Waals surface area contributed by atoms with Gasteiger partial charge >= 0.3 is 5.69 Å². The lowest BCUT2D eigenvalue weighted by atomic mass is 10.1. The fourth-order valence-electron chi connectivity index (χ4n) is 1.54. The third-order valence-electron chi connectivity index (χ3n) is 2.26. The van der Waals surface area contributed by atoms with E-state index in [2.05, 4.69) is 18.8 Å². The smallest absolute Gasteiger partial charge is 0.299 e. The number of rotatable bonds is 4. The molecule has 0 spiro atoms. The minimum atomic E-state index is -0.527. The first kappa shape index (κ1) is 12.0. The molecule has 1 unspecified atom stereocenters. The molecule has 1 N–H and O–H groups in total. The first-order chi connectivity index (χ1) is 7.04. The van der Waals surface area contributed by atoms with E-state index in [-0.39, 0.29) is 5.02 Å². The summed E-state index contributed by atoms with van der Waals surface area (Å²) in [6.45, 7) is 4.75. The maximum atomic E-state index is 11.4. The van der Waals surface area contributed by atoms with Crippen molar-refractivity contribution in [2.45, 2.75) is 33.2 Å². The average Bonchev–Trinajstić information content (AvgIpc) is 2.14. The van der Waals surface area contributed by atoms with E-state index < -0.39 is 11.2 Å². The zero-order valence-corrected chi connectivity index (χ0v) is 9.67. The van der Waals surface area contributed by atoms with Gasteiger partial charge in [-0.2, -0.15) is 0 Å². The molecule has 0 saturated carbocycles. The van der Waals surface area contributed by atoms with Gasteiger partial charge in [-0.05, 0) is 12.3 Å². The summed E-state index contributed by atoms with van der Waals surface area (Å²) < 4.78 is 1.45. The van der Waals surface area contributed by atoms with Crippen LogP contribution in [-0.2, 0) is 6.54 Å². The van der Waals surface area contributed by atoms with E-state index in [1.54, 1.807) is 0 Å². The van der Waals surface area contributed by atoms with Gasteiger partial charge in [-0.25, -0.2) is 4.79 Å². The highest BCUT2D eigenvalue weighted by Crippen LogP contribution is 2.07. The topological polar surface area (TPSA) is 54.9 Å². The van der Waals surface area contributed by atoms with Crippen LogP contribution in [0, 0.1) is 5.92 Å². The van der Waals surface area contributed by atoms with Gasteiger partial charge in [-0.3, -0.25) is 14.3 Å². The van der Waals surface area contributed by atoms with Gasteiger partial charge in [0.15, 0.2) is 0 Å². The second-order valence-electron chi connectivity index (χ2n) is 3.78. The van der Waals surface area contributed by atoms with Crippen molar-refractivity contribution >= 4 is 11.6 Å². The van der Waals surface area contributed by atoms with Gasteiger partial charge in [0.25, 0.3) is 5.56 Å². The van der Waals surface area contributed by atoms with Crippen LogP contribution >= 0.6 is 11.6 Å². The van der Waals surface area contributed by atoms with Gasteiger partial charge in [0, 0.05) is 12.7 Å². The van der Waals surface area contributed by atoms with Crippen LogP contribution in [0.25, 0.3) is 0 Å². The van der Waals surface area contributed by atoms with Crippen molar-refractivity contribution in [2.24, 2.45) is 5.92 Å². The minimum absolute atomic E-state index is 0.0540. The fraction of sp³-hybridized carbons (Fsp3) is 0.600. The maximum Gasteiger partial charge on any atom is 0.328 e. The second-order valence-corrected chi connectivity index (χ2v) is 4.19. The van der Waals surface area contributed by atoms with Gasteiger partial charge in [-0.15, -0.1) is 0 Å². The van der Waals surface area contributed by atoms with E-state index in [4.69, 9.17) is 11.6 Å². The summed E-state index contributed by atoms with van der Waals surface area (Å²) in [6, 6.07) is 0. The Kier molecular flexibility index (Phi) is 4.15. The maximum absolute atomic E-state index is 11.4. The highest BCUT2D eigenvalue weighted by molar-refractivity contribution is 6.30. The summed E-state index contributed by atoms with van der Waals surface area (Å²) >= 11 is 5.64. The SMILES string of the molecule is CCCC(C)Cn1cc(Cl)c(=O)[nH]c1=O. The zero-order valence-electron chi connectivity index (χ0n) is 8.92. The monoisotopic (exact) mass is 230 g/mol. The van der Waals surface area contributed by atoms with E-state index in [0.29, 0.717) is 12.5 Å². The molecule has 1 heterocycles. The normalized spacial score (nSPS) is 12.7. The quantitative estimate of drug-likeness (QED) is 0.855. The molecular weight excluding hydrogens is 216 g/mol. The molecule has 0 aliphatic rings. The standard InChI is InChI=1S/C10H15ClN2O2/c1-3-4-7(2)5-13-6-8(11)9(14)12-10(13)15/h6-7H,3-5H2,1-2H3,(H,12,14,15). The molecule has 0 amide bonds. The highest BCUT2D eigenvalue weighted by Gasteiger charge is 2.06. The van der Waals surface area contributed by atoms with Crippen molar-refractivity contribution in [2.75, 3.05) is 0 Å². The molecule has 15 heavy (non-hydrogen) atoms. The van der Waals surface area contributed by atoms with Crippen LogP contribution in [-0.4, -0.2) is 9.55 Å². The predicted molar refractivity (Wildman–Crippen MR) is 60.4 cm³/mol. The van der Waals surface area contributed by atoms with Crippen molar-refractivity contribution < 1.29 is 0 Å². The second kappa shape index (κ2) is 5.16. The number of H-pyrrole nitrogens is 1. The fourth-order valence-corrected chi connectivity index (χ4v) is 1.70. The molecule has 4 nitrogen and oxygen atoms in total. The molecule has 0 fully saturated rings. The van der Waals surface area contributed by atoms with Gasteiger partial charge < -0.3 is 0 Å². The number of aromatic nitrogens is 2. The van der Waals surface area contributed by atoms with Crippen LogP contribution in [0.3, 0.4) is 0 Å². The van der Waals surface area contributed by atoms with E-state index in [1.165, 1.54) is 10.8 Å². The predicted octanol–water partition coefficient (Wildman–Crippen LogP) is 1.63. The molecule has 1 atom stereocenters. The summed E-state index contributed by atoms with van der Waals surface area (Å²) in [4.78, 5) is 24.6. The van der Waals surface area contributed by atoms with E-state index in [9.17, 15) is 9.59 Å². The molecule has 0 aromatic carbocycles. The Labute approximate surface area is 92.9 Å². The number of aromatic amines is 1. The lowest BCUT2D eigenvalue weighted by molar-refractivity contribution is 0.433. The summed E-state index contributed by atoms with van der Waals surface area (Å²) in [5.74, 6) is 0.398. The number of hydrogen-bond acceptors (Lipinski definition) is 2. The van der Waals surface area contributed by atoms with Crippen molar-refractivity contribution in [3.05, 3.63) is 32.1 Å². The highest BCUT2D eigenvalue weighted by atomic mass is 35.5. The van der Waals surface area contributed by atoms with E-state index in [1.807, 2.05) is 0 Å². The van der Waals surface area contributed by atoms with E-state index in [0.717, 1.165) is 12.8 Å². The Morgan fingerprint density at radius 3 is 2.80 bits per heavy atom. The third kappa shape index (κ3) is 3.23. The van der Waals surface area contributed by atoms with Crippen LogP contribution in [0.5, 0.6) is 0 Å². The van der Waals surface area contributed by atoms with Gasteiger partial charge in [0.1, 0.15) is 5.02 Å². The molecule has 1 rings (SSSR count). The van der Waals surface area contributed by atoms with E-state index >= 15 is 0 Å². The number of nitrogens with zero attached hydrogens (tertiary/aromatic N) is 1. The third-order valence-corrected chi connectivity index (χ3v) is 2.53. The Morgan fingerprint density at radius 1 is 1.53 bits per heavy atom. The van der Waals surface area contributed by atoms with Gasteiger partial charge in [0.05, 0.1) is 0 Å².